The maximum Gasteiger partial charge on any atom is 0.227 e. The zero-order valence-electron chi connectivity index (χ0n) is 15.0. The van der Waals surface area contributed by atoms with Crippen LogP contribution in [0.25, 0.3) is 0 Å². The molecule has 1 atom stereocenters. The van der Waals surface area contributed by atoms with Crippen molar-refractivity contribution in [3.8, 4) is 0 Å². The Morgan fingerprint density at radius 1 is 0.923 bits per heavy atom. The van der Waals surface area contributed by atoms with Crippen molar-refractivity contribution in [1.29, 1.82) is 0 Å². The van der Waals surface area contributed by atoms with E-state index >= 15 is 0 Å². The zero-order valence-corrected chi connectivity index (χ0v) is 15.0. The van der Waals surface area contributed by atoms with Gasteiger partial charge in [0.2, 0.25) is 5.95 Å². The third-order valence-corrected chi connectivity index (χ3v) is 5.50. The van der Waals surface area contributed by atoms with E-state index in [1.165, 1.54) is 22.4 Å². The molecule has 0 spiro atoms. The summed E-state index contributed by atoms with van der Waals surface area (Å²) >= 11 is 0. The largest absolute Gasteiger partial charge is 0.336 e. The lowest BCUT2D eigenvalue weighted by molar-refractivity contribution is 0.701. The third kappa shape index (κ3) is 2.53. The fourth-order valence-corrected chi connectivity index (χ4v) is 4.21. The van der Waals surface area contributed by atoms with Crippen molar-refractivity contribution in [1.82, 2.24) is 9.97 Å². The van der Waals surface area contributed by atoms with E-state index < -0.39 is 0 Å². The second-order valence-corrected chi connectivity index (χ2v) is 7.21. The van der Waals surface area contributed by atoms with Crippen LogP contribution in [0.15, 0.2) is 60.8 Å². The summed E-state index contributed by atoms with van der Waals surface area (Å²) in [4.78, 5) is 14.2. The summed E-state index contributed by atoms with van der Waals surface area (Å²) in [5.74, 6) is 1.82. The second-order valence-electron chi connectivity index (χ2n) is 7.21. The highest BCUT2D eigenvalue weighted by Gasteiger charge is 2.28. The maximum atomic E-state index is 4.94. The van der Waals surface area contributed by atoms with Gasteiger partial charge in [-0.2, -0.15) is 4.98 Å². The van der Waals surface area contributed by atoms with Crippen molar-refractivity contribution in [3.05, 3.63) is 77.5 Å². The Balaban J connectivity index is 1.47. The van der Waals surface area contributed by atoms with E-state index in [0.717, 1.165) is 37.7 Å². The molecule has 0 saturated carbocycles. The van der Waals surface area contributed by atoms with E-state index in [2.05, 4.69) is 70.2 Å². The molecule has 4 heteroatoms. The average molecular weight is 342 g/mol. The van der Waals surface area contributed by atoms with Crippen LogP contribution in [0.3, 0.4) is 0 Å². The molecule has 0 N–H and O–H groups in total. The van der Waals surface area contributed by atoms with Gasteiger partial charge in [0.15, 0.2) is 0 Å². The molecule has 26 heavy (non-hydrogen) atoms. The highest BCUT2D eigenvalue weighted by atomic mass is 15.3. The van der Waals surface area contributed by atoms with Gasteiger partial charge in [0.05, 0.1) is 0 Å². The zero-order chi connectivity index (χ0) is 17.5. The second kappa shape index (κ2) is 6.13. The molecule has 0 aliphatic carbocycles. The predicted octanol–water partition coefficient (Wildman–Crippen LogP) is 4.12. The Morgan fingerprint density at radius 3 is 2.58 bits per heavy atom. The monoisotopic (exact) mass is 342 g/mol. The number of hydrogen-bond acceptors (Lipinski definition) is 4. The van der Waals surface area contributed by atoms with Crippen LogP contribution in [0, 0.1) is 0 Å². The van der Waals surface area contributed by atoms with Crippen LogP contribution < -0.4 is 9.80 Å². The molecule has 130 valence electrons. The lowest BCUT2D eigenvalue weighted by Crippen LogP contribution is -2.32. The highest BCUT2D eigenvalue weighted by Crippen LogP contribution is 2.37. The number of rotatable bonds is 2. The van der Waals surface area contributed by atoms with E-state index in [1.807, 2.05) is 12.3 Å². The lowest BCUT2D eigenvalue weighted by atomic mass is 10.0. The van der Waals surface area contributed by atoms with E-state index in [-0.39, 0.29) is 0 Å². The first-order valence-electron chi connectivity index (χ1n) is 9.31. The molecule has 1 aromatic heterocycles. The maximum absolute atomic E-state index is 4.94. The van der Waals surface area contributed by atoms with Gasteiger partial charge in [0.25, 0.3) is 0 Å². The van der Waals surface area contributed by atoms with Crippen LogP contribution in [0.4, 0.5) is 17.5 Å². The Labute approximate surface area is 154 Å². The quantitative estimate of drug-likeness (QED) is 0.701. The van der Waals surface area contributed by atoms with E-state index in [4.69, 9.17) is 4.98 Å². The Morgan fingerprint density at radius 2 is 1.69 bits per heavy atom. The van der Waals surface area contributed by atoms with Crippen molar-refractivity contribution in [2.24, 2.45) is 0 Å². The number of anilines is 3. The van der Waals surface area contributed by atoms with Gasteiger partial charge in [-0.3, -0.25) is 0 Å². The topological polar surface area (TPSA) is 32.3 Å². The molecule has 0 fully saturated rings. The molecule has 3 aromatic rings. The van der Waals surface area contributed by atoms with Crippen molar-refractivity contribution in [3.63, 3.8) is 0 Å². The number of benzene rings is 2. The number of hydrogen-bond donors (Lipinski definition) is 0. The smallest absolute Gasteiger partial charge is 0.227 e. The van der Waals surface area contributed by atoms with Crippen LogP contribution >= 0.6 is 0 Å². The Kier molecular flexibility index (Phi) is 3.63. The molecule has 1 unspecified atom stereocenters. The van der Waals surface area contributed by atoms with E-state index in [1.54, 1.807) is 0 Å². The van der Waals surface area contributed by atoms with Crippen LogP contribution in [0.2, 0.25) is 0 Å². The molecular weight excluding hydrogens is 320 g/mol. The van der Waals surface area contributed by atoms with Crippen molar-refractivity contribution in [2.75, 3.05) is 16.3 Å². The number of fused-ring (bicyclic) bond motifs is 2. The molecule has 3 heterocycles. The summed E-state index contributed by atoms with van der Waals surface area (Å²) in [6.45, 7) is 4.11. The van der Waals surface area contributed by atoms with Gasteiger partial charge in [-0.15, -0.1) is 0 Å². The molecule has 0 saturated heterocycles. The summed E-state index contributed by atoms with van der Waals surface area (Å²) < 4.78 is 0. The SMILES string of the molecule is CC1Cc2ccccc2N1c1ccnc(N2CCc3ccccc3C2)n1. The van der Waals surface area contributed by atoms with Gasteiger partial charge in [-0.1, -0.05) is 42.5 Å². The average Bonchev–Trinajstić information content (AvgIpc) is 3.03. The summed E-state index contributed by atoms with van der Waals surface area (Å²) in [6.07, 6.45) is 4.01. The van der Waals surface area contributed by atoms with Crippen LogP contribution in [-0.2, 0) is 19.4 Å². The minimum absolute atomic E-state index is 0.414. The summed E-state index contributed by atoms with van der Waals surface area (Å²) in [7, 11) is 0. The summed E-state index contributed by atoms with van der Waals surface area (Å²) in [6, 6.07) is 19.8. The van der Waals surface area contributed by atoms with Crippen molar-refractivity contribution in [2.45, 2.75) is 32.4 Å². The fraction of sp³-hybridized carbons (Fsp3) is 0.273. The first-order valence-corrected chi connectivity index (χ1v) is 9.31. The van der Waals surface area contributed by atoms with Crippen LogP contribution in [0.1, 0.15) is 23.6 Å². The van der Waals surface area contributed by atoms with Gasteiger partial charge in [-0.25, -0.2) is 4.98 Å². The molecule has 4 nitrogen and oxygen atoms in total. The minimum Gasteiger partial charge on any atom is -0.336 e. The van der Waals surface area contributed by atoms with E-state index in [9.17, 15) is 0 Å². The molecule has 2 aromatic carbocycles. The molecular formula is C22H22N4. The van der Waals surface area contributed by atoms with Crippen LogP contribution in [0.5, 0.6) is 0 Å². The molecule has 2 aliphatic rings. The fourth-order valence-electron chi connectivity index (χ4n) is 4.21. The van der Waals surface area contributed by atoms with Crippen molar-refractivity contribution < 1.29 is 0 Å². The summed E-state index contributed by atoms with van der Waals surface area (Å²) in [5, 5.41) is 0. The molecule has 5 rings (SSSR count). The van der Waals surface area contributed by atoms with Crippen molar-refractivity contribution >= 4 is 17.5 Å². The standard InChI is InChI=1S/C22H22N4/c1-16-14-18-7-4-5-9-20(18)26(16)21-10-12-23-22(24-21)25-13-11-17-6-2-3-8-19(17)15-25/h2-10,12,16H,11,13-15H2,1H3. The normalized spacial score (nSPS) is 18.6. The van der Waals surface area contributed by atoms with E-state index in [0.29, 0.717) is 6.04 Å². The van der Waals surface area contributed by atoms with Gasteiger partial charge < -0.3 is 9.80 Å². The van der Waals surface area contributed by atoms with Gasteiger partial charge in [-0.05, 0) is 48.6 Å². The minimum atomic E-state index is 0.414. The first kappa shape index (κ1) is 15.4. The first-order chi connectivity index (χ1) is 12.8. The van der Waals surface area contributed by atoms with Gasteiger partial charge in [0, 0.05) is 31.0 Å². The number of aromatic nitrogens is 2. The third-order valence-electron chi connectivity index (χ3n) is 5.50. The van der Waals surface area contributed by atoms with Crippen LogP contribution in [-0.4, -0.2) is 22.6 Å². The van der Waals surface area contributed by atoms with Gasteiger partial charge in [0.1, 0.15) is 5.82 Å². The number of nitrogens with zero attached hydrogens (tertiary/aromatic N) is 4. The Hall–Kier alpha value is -2.88. The Bertz CT molecular complexity index is 952. The molecule has 0 radical (unpaired) electrons. The van der Waals surface area contributed by atoms with Gasteiger partial charge >= 0.3 is 0 Å². The molecule has 0 amide bonds. The molecule has 0 bridgehead atoms. The summed E-state index contributed by atoms with van der Waals surface area (Å²) in [5.41, 5.74) is 5.50. The highest BCUT2D eigenvalue weighted by molar-refractivity contribution is 5.69. The molecule has 2 aliphatic heterocycles. The number of para-hydroxylation sites is 1. The lowest BCUT2D eigenvalue weighted by Gasteiger charge is -2.30. The predicted molar refractivity (Wildman–Crippen MR) is 105 cm³/mol.